The summed E-state index contributed by atoms with van der Waals surface area (Å²) in [7, 11) is 0. The number of morpholine rings is 1. The molecule has 0 aromatic carbocycles. The first kappa shape index (κ1) is 16.4. The maximum atomic E-state index is 12.7. The van der Waals surface area contributed by atoms with Crippen LogP contribution in [0, 0.1) is 0 Å². The second-order valence-corrected chi connectivity index (χ2v) is 7.14. The summed E-state index contributed by atoms with van der Waals surface area (Å²) in [5, 5.41) is 3.15. The minimum atomic E-state index is -0.127. The highest BCUT2D eigenvalue weighted by Crippen LogP contribution is 2.25. The van der Waals surface area contributed by atoms with E-state index in [1.54, 1.807) is 21.9 Å². The molecule has 1 N–H and O–H groups in total. The van der Waals surface area contributed by atoms with Crippen molar-refractivity contribution < 1.29 is 18.7 Å². The molecule has 0 radical (unpaired) electrons. The van der Waals surface area contributed by atoms with Gasteiger partial charge < -0.3 is 24.3 Å². The number of likely N-dealkylation sites (tertiary alicyclic amines) is 1. The van der Waals surface area contributed by atoms with Crippen LogP contribution in [0.15, 0.2) is 22.8 Å². The molecule has 1 aliphatic carbocycles. The molecule has 0 unspecified atom stereocenters. The van der Waals surface area contributed by atoms with Crippen molar-refractivity contribution in [3.05, 3.63) is 24.2 Å². The number of hydrogen-bond donors (Lipinski definition) is 1. The molecule has 3 amide bonds. The Morgan fingerprint density at radius 3 is 2.76 bits per heavy atom. The summed E-state index contributed by atoms with van der Waals surface area (Å²) in [5.74, 6) is 0.212. The normalized spacial score (nSPS) is 27.2. The molecule has 2 aliphatic heterocycles. The number of furan rings is 1. The third-order valence-corrected chi connectivity index (χ3v) is 5.51. The first-order chi connectivity index (χ1) is 12.2. The van der Waals surface area contributed by atoms with E-state index < -0.39 is 0 Å². The fourth-order valence-electron chi connectivity index (χ4n) is 4.16. The molecule has 7 heteroatoms. The lowest BCUT2D eigenvalue weighted by Crippen LogP contribution is -2.53. The lowest BCUT2D eigenvalue weighted by molar-refractivity contribution is -0.0378. The van der Waals surface area contributed by atoms with Crippen molar-refractivity contribution in [1.29, 1.82) is 0 Å². The smallest absolute Gasteiger partial charge is 0.317 e. The molecule has 2 saturated heterocycles. The van der Waals surface area contributed by atoms with E-state index in [0.717, 1.165) is 12.8 Å². The van der Waals surface area contributed by atoms with Gasteiger partial charge in [0.2, 0.25) is 0 Å². The van der Waals surface area contributed by atoms with Gasteiger partial charge in [-0.05, 0) is 25.0 Å². The maximum Gasteiger partial charge on any atom is 0.317 e. The van der Waals surface area contributed by atoms with Gasteiger partial charge in [0.15, 0.2) is 5.76 Å². The zero-order chi connectivity index (χ0) is 17.2. The molecule has 3 heterocycles. The van der Waals surface area contributed by atoms with Crippen LogP contribution >= 0.6 is 0 Å². The first-order valence-corrected chi connectivity index (χ1v) is 9.24. The summed E-state index contributed by atoms with van der Waals surface area (Å²) in [6.07, 6.45) is 7.14. The van der Waals surface area contributed by atoms with E-state index in [2.05, 4.69) is 5.32 Å². The highest BCUT2D eigenvalue weighted by molar-refractivity contribution is 5.92. The molecule has 1 aromatic heterocycles. The highest BCUT2D eigenvalue weighted by atomic mass is 16.5. The minimum Gasteiger partial charge on any atom is -0.459 e. The van der Waals surface area contributed by atoms with Crippen LogP contribution in [0.25, 0.3) is 0 Å². The minimum absolute atomic E-state index is 0.0321. The molecule has 4 rings (SSSR count). The monoisotopic (exact) mass is 347 g/mol. The molecular weight excluding hydrogens is 322 g/mol. The largest absolute Gasteiger partial charge is 0.459 e. The summed E-state index contributed by atoms with van der Waals surface area (Å²) in [6.45, 7) is 2.06. The number of nitrogens with zero attached hydrogens (tertiary/aromatic N) is 2. The van der Waals surface area contributed by atoms with Crippen molar-refractivity contribution in [2.75, 3.05) is 26.2 Å². The average Bonchev–Trinajstić information content (AvgIpc) is 3.31. The van der Waals surface area contributed by atoms with Crippen LogP contribution in [0.1, 0.15) is 42.7 Å². The fourth-order valence-corrected chi connectivity index (χ4v) is 4.16. The van der Waals surface area contributed by atoms with Crippen molar-refractivity contribution in [3.8, 4) is 0 Å². The Kier molecular flexibility index (Phi) is 4.65. The predicted molar refractivity (Wildman–Crippen MR) is 90.3 cm³/mol. The number of urea groups is 1. The van der Waals surface area contributed by atoms with Gasteiger partial charge in [-0.2, -0.15) is 0 Å². The van der Waals surface area contributed by atoms with Crippen molar-refractivity contribution in [1.82, 2.24) is 15.1 Å². The van der Waals surface area contributed by atoms with Crippen molar-refractivity contribution in [2.45, 2.75) is 50.3 Å². The van der Waals surface area contributed by atoms with Gasteiger partial charge in [-0.3, -0.25) is 4.79 Å². The standard InChI is InChI=1S/C18H25N3O4/c22-17(15-7-4-9-24-15)21-8-10-25-16-12-20(11-14(16)21)18(23)19-13-5-2-1-3-6-13/h4,7,9,13-14,16H,1-3,5-6,8,10-12H2,(H,19,23)/t14-,16+/m0/s1. The Morgan fingerprint density at radius 1 is 1.16 bits per heavy atom. The molecule has 136 valence electrons. The molecule has 3 aliphatic rings. The number of carbonyl (C=O) groups is 2. The zero-order valence-electron chi connectivity index (χ0n) is 14.4. The Bertz CT molecular complexity index is 612. The van der Waals surface area contributed by atoms with Crippen molar-refractivity contribution >= 4 is 11.9 Å². The number of amides is 3. The molecule has 1 saturated carbocycles. The number of ether oxygens (including phenoxy) is 1. The number of rotatable bonds is 2. The fraction of sp³-hybridized carbons (Fsp3) is 0.667. The molecule has 0 spiro atoms. The van der Waals surface area contributed by atoms with Gasteiger partial charge in [0.25, 0.3) is 5.91 Å². The lowest BCUT2D eigenvalue weighted by atomic mass is 9.96. The van der Waals surface area contributed by atoms with Crippen molar-refractivity contribution in [3.63, 3.8) is 0 Å². The summed E-state index contributed by atoms with van der Waals surface area (Å²) in [4.78, 5) is 28.8. The van der Waals surface area contributed by atoms with E-state index >= 15 is 0 Å². The molecule has 1 aromatic rings. The number of hydrogen-bond acceptors (Lipinski definition) is 4. The summed E-state index contributed by atoms with van der Waals surface area (Å²) >= 11 is 0. The topological polar surface area (TPSA) is 75.0 Å². The third kappa shape index (κ3) is 3.38. The molecular formula is C18H25N3O4. The molecule has 3 fully saturated rings. The second-order valence-electron chi connectivity index (χ2n) is 7.14. The maximum absolute atomic E-state index is 12.7. The third-order valence-electron chi connectivity index (χ3n) is 5.51. The van der Waals surface area contributed by atoms with Crippen LogP contribution in [0.2, 0.25) is 0 Å². The molecule has 0 bridgehead atoms. The average molecular weight is 347 g/mol. The van der Waals surface area contributed by atoms with E-state index in [-0.39, 0.29) is 30.1 Å². The van der Waals surface area contributed by atoms with Gasteiger partial charge in [0.05, 0.1) is 31.6 Å². The van der Waals surface area contributed by atoms with Gasteiger partial charge >= 0.3 is 6.03 Å². The van der Waals surface area contributed by atoms with E-state index in [1.807, 2.05) is 0 Å². The SMILES string of the molecule is O=C(NC1CCCCC1)N1C[C@H]2OCCN(C(=O)c3ccco3)[C@H]2C1. The number of fused-ring (bicyclic) bond motifs is 1. The van der Waals surface area contributed by atoms with E-state index in [0.29, 0.717) is 32.0 Å². The molecule has 25 heavy (non-hydrogen) atoms. The second kappa shape index (κ2) is 7.07. The van der Waals surface area contributed by atoms with Gasteiger partial charge in [0.1, 0.15) is 0 Å². The van der Waals surface area contributed by atoms with Gasteiger partial charge in [0, 0.05) is 19.1 Å². The van der Waals surface area contributed by atoms with Gasteiger partial charge in [-0.25, -0.2) is 4.79 Å². The van der Waals surface area contributed by atoms with Crippen LogP contribution in [0.5, 0.6) is 0 Å². The quantitative estimate of drug-likeness (QED) is 0.886. The molecule has 7 nitrogen and oxygen atoms in total. The van der Waals surface area contributed by atoms with Gasteiger partial charge in [-0.15, -0.1) is 0 Å². The predicted octanol–water partition coefficient (Wildman–Crippen LogP) is 1.85. The lowest BCUT2D eigenvalue weighted by Gasteiger charge is -2.36. The summed E-state index contributed by atoms with van der Waals surface area (Å²) in [5.41, 5.74) is 0. The number of nitrogens with one attached hydrogen (secondary N) is 1. The highest BCUT2D eigenvalue weighted by Gasteiger charge is 2.44. The molecule has 2 atom stereocenters. The summed E-state index contributed by atoms with van der Waals surface area (Å²) < 4.78 is 11.1. The Morgan fingerprint density at radius 2 is 2.00 bits per heavy atom. The first-order valence-electron chi connectivity index (χ1n) is 9.24. The van der Waals surface area contributed by atoms with E-state index in [1.165, 1.54) is 25.5 Å². The Balaban J connectivity index is 1.40. The van der Waals surface area contributed by atoms with E-state index in [4.69, 9.17) is 9.15 Å². The van der Waals surface area contributed by atoms with Crippen LogP contribution in [-0.4, -0.2) is 66.2 Å². The van der Waals surface area contributed by atoms with Crippen molar-refractivity contribution in [2.24, 2.45) is 0 Å². The van der Waals surface area contributed by atoms with Gasteiger partial charge in [-0.1, -0.05) is 19.3 Å². The van der Waals surface area contributed by atoms with Crippen LogP contribution in [0.4, 0.5) is 4.79 Å². The van der Waals surface area contributed by atoms with Crippen LogP contribution < -0.4 is 5.32 Å². The zero-order valence-corrected chi connectivity index (χ0v) is 14.4. The van der Waals surface area contributed by atoms with Crippen LogP contribution in [0.3, 0.4) is 0 Å². The number of carbonyl (C=O) groups excluding carboxylic acids is 2. The Labute approximate surface area is 147 Å². The summed E-state index contributed by atoms with van der Waals surface area (Å²) in [6, 6.07) is 3.53. The van der Waals surface area contributed by atoms with Crippen LogP contribution in [-0.2, 0) is 4.74 Å². The van der Waals surface area contributed by atoms with E-state index in [9.17, 15) is 9.59 Å². The Hall–Kier alpha value is -2.02.